The van der Waals surface area contributed by atoms with E-state index in [1.54, 1.807) is 12.3 Å². The van der Waals surface area contributed by atoms with Crippen LogP contribution in [-0.2, 0) is 14.4 Å². The van der Waals surface area contributed by atoms with Crippen LogP contribution in [0.25, 0.3) is 16.8 Å². The van der Waals surface area contributed by atoms with Crippen LogP contribution in [-0.4, -0.2) is 41.8 Å². The molecule has 170 valence electrons. The Morgan fingerprint density at radius 3 is 2.82 bits per heavy atom. The summed E-state index contributed by atoms with van der Waals surface area (Å²) in [5.74, 6) is -0.0517. The van der Waals surface area contributed by atoms with Crippen molar-refractivity contribution >= 4 is 29.4 Å². The summed E-state index contributed by atoms with van der Waals surface area (Å²) in [7, 11) is 1.00. The van der Waals surface area contributed by atoms with Gasteiger partial charge in [-0.15, -0.1) is 0 Å². The molecule has 0 spiro atoms. The predicted molar refractivity (Wildman–Crippen MR) is 128 cm³/mol. The zero-order valence-electron chi connectivity index (χ0n) is 18.7. The van der Waals surface area contributed by atoms with Crippen LogP contribution in [0.4, 0.5) is 5.69 Å². The molecule has 0 fully saturated rings. The standard InChI is InChI=1S/C25H23N3O3.CH4O/c1-16-12-17-8-10-27-25(31)22(17)15-21(16)18-7-9-26-23(14-18)19-4-2-5-20(13-19)28-24(30)6-3-11-29;1-2/h2-7,9,11,13-16H,8,10,12H2,1H3,(H,27,31)(H,28,30);2H,1H3/b6-3+;. The van der Waals surface area contributed by atoms with Crippen molar-refractivity contribution in [2.75, 3.05) is 19.0 Å². The number of aliphatic hydroxyl groups excluding tert-OH is 1. The fourth-order valence-corrected chi connectivity index (χ4v) is 4.08. The fraction of sp³-hybridized carbons (Fsp3) is 0.231. The number of aromatic nitrogens is 1. The minimum absolute atomic E-state index is 0.00648. The van der Waals surface area contributed by atoms with Gasteiger partial charge >= 0.3 is 0 Å². The number of nitrogens with one attached hydrogen (secondary N) is 2. The highest BCUT2D eigenvalue weighted by molar-refractivity contribution is 6.02. The molecule has 0 saturated carbocycles. The molecular weight excluding hydrogens is 418 g/mol. The van der Waals surface area contributed by atoms with Crippen molar-refractivity contribution in [1.29, 1.82) is 0 Å². The molecule has 1 aliphatic heterocycles. The van der Waals surface area contributed by atoms with Crippen molar-refractivity contribution in [3.63, 3.8) is 0 Å². The highest BCUT2D eigenvalue weighted by atomic mass is 16.2. The molecule has 7 nitrogen and oxygen atoms in total. The van der Waals surface area contributed by atoms with Gasteiger partial charge in [0.15, 0.2) is 0 Å². The van der Waals surface area contributed by atoms with E-state index in [-0.39, 0.29) is 11.8 Å². The molecule has 1 unspecified atom stereocenters. The molecule has 1 aliphatic carbocycles. The largest absolute Gasteiger partial charge is 0.400 e. The summed E-state index contributed by atoms with van der Waals surface area (Å²) in [5, 5.41) is 12.7. The Bertz CT molecular complexity index is 1150. The Morgan fingerprint density at radius 2 is 2.03 bits per heavy atom. The second kappa shape index (κ2) is 11.2. The van der Waals surface area contributed by atoms with Crippen LogP contribution < -0.4 is 10.6 Å². The second-order valence-electron chi connectivity index (χ2n) is 7.72. The molecule has 7 heteroatoms. The van der Waals surface area contributed by atoms with Gasteiger partial charge in [-0.3, -0.25) is 19.4 Å². The molecule has 1 aromatic carbocycles. The number of amides is 2. The smallest absolute Gasteiger partial charge is 0.251 e. The number of hydrogen-bond donors (Lipinski definition) is 3. The summed E-state index contributed by atoms with van der Waals surface area (Å²) in [6.45, 7) is 2.90. The van der Waals surface area contributed by atoms with Crippen molar-refractivity contribution in [1.82, 2.24) is 10.3 Å². The Morgan fingerprint density at radius 1 is 1.21 bits per heavy atom. The number of allylic oxidation sites excluding steroid dienone is 2. The monoisotopic (exact) mass is 445 g/mol. The maximum absolute atomic E-state index is 12.3. The van der Waals surface area contributed by atoms with Gasteiger partial charge in [0.05, 0.1) is 5.69 Å². The van der Waals surface area contributed by atoms with Gasteiger partial charge in [-0.2, -0.15) is 0 Å². The fourth-order valence-electron chi connectivity index (χ4n) is 4.08. The third-order valence-corrected chi connectivity index (χ3v) is 5.57. The number of aldehydes is 1. The maximum Gasteiger partial charge on any atom is 0.251 e. The molecule has 2 aromatic rings. The number of carbonyl (C=O) groups excluding carboxylic acids is 3. The Labute approximate surface area is 192 Å². The first-order chi connectivity index (χ1) is 16.0. The van der Waals surface area contributed by atoms with Crippen LogP contribution in [0.5, 0.6) is 0 Å². The number of anilines is 1. The van der Waals surface area contributed by atoms with Crippen LogP contribution in [0.3, 0.4) is 0 Å². The first kappa shape index (κ1) is 23.8. The van der Waals surface area contributed by atoms with Crippen LogP contribution in [0.1, 0.15) is 25.3 Å². The zero-order valence-corrected chi connectivity index (χ0v) is 18.7. The number of benzene rings is 1. The van der Waals surface area contributed by atoms with Gasteiger partial charge < -0.3 is 15.7 Å². The first-order valence-corrected chi connectivity index (χ1v) is 10.7. The Balaban J connectivity index is 0.00000149. The van der Waals surface area contributed by atoms with Crippen molar-refractivity contribution in [2.24, 2.45) is 5.92 Å². The van der Waals surface area contributed by atoms with Gasteiger partial charge in [-0.25, -0.2) is 0 Å². The van der Waals surface area contributed by atoms with E-state index in [0.717, 1.165) is 54.0 Å². The van der Waals surface area contributed by atoms with Gasteiger partial charge in [0.2, 0.25) is 5.91 Å². The van der Waals surface area contributed by atoms with E-state index in [0.29, 0.717) is 24.4 Å². The van der Waals surface area contributed by atoms with Crippen LogP contribution >= 0.6 is 0 Å². The van der Waals surface area contributed by atoms with Gasteiger partial charge in [-0.1, -0.05) is 24.6 Å². The molecule has 0 radical (unpaired) electrons. The van der Waals surface area contributed by atoms with E-state index in [1.165, 1.54) is 11.6 Å². The van der Waals surface area contributed by atoms with Crippen molar-refractivity contribution in [3.8, 4) is 11.3 Å². The number of hydrogen-bond acceptors (Lipinski definition) is 5. The van der Waals surface area contributed by atoms with Crippen molar-refractivity contribution in [2.45, 2.75) is 19.8 Å². The summed E-state index contributed by atoms with van der Waals surface area (Å²) >= 11 is 0. The lowest BCUT2D eigenvalue weighted by Crippen LogP contribution is -2.33. The van der Waals surface area contributed by atoms with E-state index in [4.69, 9.17) is 5.11 Å². The quantitative estimate of drug-likeness (QED) is 0.483. The highest BCUT2D eigenvalue weighted by Crippen LogP contribution is 2.38. The molecular formula is C26H27N3O4. The number of carbonyl (C=O) groups is 3. The minimum atomic E-state index is -0.373. The number of aliphatic hydroxyl groups is 1. The molecule has 2 aliphatic rings. The van der Waals surface area contributed by atoms with E-state index in [1.807, 2.05) is 36.4 Å². The summed E-state index contributed by atoms with van der Waals surface area (Å²) in [6.07, 6.45) is 8.48. The summed E-state index contributed by atoms with van der Waals surface area (Å²) < 4.78 is 0. The highest BCUT2D eigenvalue weighted by Gasteiger charge is 2.27. The van der Waals surface area contributed by atoms with Gasteiger partial charge in [-0.05, 0) is 66.3 Å². The zero-order chi connectivity index (χ0) is 23.8. The number of nitrogens with zero attached hydrogens (tertiary/aromatic N) is 1. The molecule has 0 bridgehead atoms. The Hall–Kier alpha value is -3.84. The van der Waals surface area contributed by atoms with E-state index in [2.05, 4.69) is 22.5 Å². The van der Waals surface area contributed by atoms with Gasteiger partial charge in [0.25, 0.3) is 5.91 Å². The Kier molecular flexibility index (Phi) is 8.05. The van der Waals surface area contributed by atoms with Crippen molar-refractivity contribution < 1.29 is 19.5 Å². The molecule has 3 N–H and O–H groups in total. The minimum Gasteiger partial charge on any atom is -0.400 e. The van der Waals surface area contributed by atoms with Crippen LogP contribution in [0, 0.1) is 5.92 Å². The molecule has 0 saturated heterocycles. The van der Waals surface area contributed by atoms with Gasteiger partial charge in [0.1, 0.15) is 6.29 Å². The normalized spacial score (nSPS) is 17.4. The summed E-state index contributed by atoms with van der Waals surface area (Å²) in [5.41, 5.74) is 6.45. The maximum atomic E-state index is 12.3. The SMILES string of the molecule is CC1CC2=C(C=C1c1ccnc(-c3cccc(NC(=O)/C=C/C=O)c3)c1)C(=O)NCC2.CO. The van der Waals surface area contributed by atoms with E-state index in [9.17, 15) is 14.4 Å². The number of pyridine rings is 1. The third kappa shape index (κ3) is 5.70. The van der Waals surface area contributed by atoms with Crippen LogP contribution in [0.15, 0.2) is 72.0 Å². The lowest BCUT2D eigenvalue weighted by atomic mass is 9.79. The van der Waals surface area contributed by atoms with E-state index >= 15 is 0 Å². The lowest BCUT2D eigenvalue weighted by molar-refractivity contribution is -0.117. The molecule has 2 heterocycles. The average molecular weight is 446 g/mol. The average Bonchev–Trinajstić information content (AvgIpc) is 2.84. The molecule has 1 aromatic heterocycles. The predicted octanol–water partition coefficient (Wildman–Crippen LogP) is 3.29. The summed E-state index contributed by atoms with van der Waals surface area (Å²) in [6, 6.07) is 11.4. The molecule has 33 heavy (non-hydrogen) atoms. The molecule has 4 rings (SSSR count). The first-order valence-electron chi connectivity index (χ1n) is 10.7. The van der Waals surface area contributed by atoms with Crippen LogP contribution in [0.2, 0.25) is 0 Å². The van der Waals surface area contributed by atoms with Crippen molar-refractivity contribution in [3.05, 3.63) is 77.5 Å². The van der Waals surface area contributed by atoms with Gasteiger partial charge in [0, 0.05) is 42.8 Å². The number of rotatable bonds is 5. The lowest BCUT2D eigenvalue weighted by Gasteiger charge is -2.28. The second-order valence-corrected chi connectivity index (χ2v) is 7.72. The van der Waals surface area contributed by atoms with E-state index < -0.39 is 0 Å². The summed E-state index contributed by atoms with van der Waals surface area (Å²) in [4.78, 5) is 39.0. The molecule has 2 amide bonds. The molecule has 1 atom stereocenters. The topological polar surface area (TPSA) is 108 Å². The third-order valence-electron chi connectivity index (χ3n) is 5.57.